The van der Waals surface area contributed by atoms with E-state index in [0.717, 1.165) is 19.3 Å². The molecule has 1 aromatic heterocycles. The first-order valence-corrected chi connectivity index (χ1v) is 5.69. The molecule has 0 aliphatic rings. The fourth-order valence-electron chi connectivity index (χ4n) is 1.58. The lowest BCUT2D eigenvalue weighted by atomic mass is 10.1. The van der Waals surface area contributed by atoms with Crippen LogP contribution in [0.4, 0.5) is 5.69 Å². The number of nitrogens with zero attached hydrogens (tertiary/aromatic N) is 1. The average molecular weight is 221 g/mol. The van der Waals surface area contributed by atoms with Crippen LogP contribution in [-0.4, -0.2) is 16.9 Å². The number of aromatic nitrogens is 1. The molecule has 1 unspecified atom stereocenters. The number of nitrogens with two attached hydrogens (primary N) is 1. The Morgan fingerprint density at radius 2 is 2.31 bits per heavy atom. The molecule has 0 radical (unpaired) electrons. The van der Waals surface area contributed by atoms with Crippen LogP contribution in [0.1, 0.15) is 43.5 Å². The van der Waals surface area contributed by atoms with Gasteiger partial charge in [0.1, 0.15) is 0 Å². The van der Waals surface area contributed by atoms with Gasteiger partial charge in [0, 0.05) is 24.1 Å². The van der Waals surface area contributed by atoms with E-state index in [9.17, 15) is 4.79 Å². The molecule has 1 atom stereocenters. The molecule has 1 aromatic rings. The summed E-state index contributed by atoms with van der Waals surface area (Å²) in [5.41, 5.74) is 6.64. The molecular formula is C12H19N3O. The van der Waals surface area contributed by atoms with Crippen LogP contribution in [0.5, 0.6) is 0 Å². The lowest BCUT2D eigenvalue weighted by molar-refractivity contribution is 0.0934. The molecule has 1 rings (SSSR count). The number of hydrogen-bond acceptors (Lipinski definition) is 3. The predicted molar refractivity (Wildman–Crippen MR) is 65.1 cm³/mol. The second-order valence-corrected chi connectivity index (χ2v) is 3.83. The third kappa shape index (κ3) is 3.22. The molecule has 0 aromatic carbocycles. The number of carbonyl (C=O) groups excluding carboxylic acids is 1. The summed E-state index contributed by atoms with van der Waals surface area (Å²) in [4.78, 5) is 15.8. The highest BCUT2D eigenvalue weighted by Gasteiger charge is 2.13. The number of nitrogen functional groups attached to an aromatic ring is 1. The van der Waals surface area contributed by atoms with Crippen molar-refractivity contribution in [2.45, 2.75) is 39.2 Å². The Hall–Kier alpha value is -1.58. The minimum Gasteiger partial charge on any atom is -0.398 e. The van der Waals surface area contributed by atoms with Gasteiger partial charge in [-0.2, -0.15) is 0 Å². The van der Waals surface area contributed by atoms with Gasteiger partial charge in [-0.3, -0.25) is 9.78 Å². The smallest absolute Gasteiger partial charge is 0.255 e. The van der Waals surface area contributed by atoms with Crippen molar-refractivity contribution in [3.63, 3.8) is 0 Å². The van der Waals surface area contributed by atoms with Gasteiger partial charge < -0.3 is 11.1 Å². The largest absolute Gasteiger partial charge is 0.398 e. The summed E-state index contributed by atoms with van der Waals surface area (Å²) in [7, 11) is 0. The number of rotatable bonds is 5. The summed E-state index contributed by atoms with van der Waals surface area (Å²) in [6.45, 7) is 4.17. The maximum Gasteiger partial charge on any atom is 0.255 e. The van der Waals surface area contributed by atoms with E-state index in [0.29, 0.717) is 11.3 Å². The van der Waals surface area contributed by atoms with Gasteiger partial charge in [-0.15, -0.1) is 0 Å². The Labute approximate surface area is 96.3 Å². The van der Waals surface area contributed by atoms with Crippen LogP contribution >= 0.6 is 0 Å². The molecule has 0 fully saturated rings. The maximum absolute atomic E-state index is 11.9. The Kier molecular flexibility index (Phi) is 4.76. The van der Waals surface area contributed by atoms with Gasteiger partial charge in [0.2, 0.25) is 0 Å². The van der Waals surface area contributed by atoms with Gasteiger partial charge in [0.15, 0.2) is 0 Å². The molecule has 4 heteroatoms. The number of amides is 1. The van der Waals surface area contributed by atoms with Crippen molar-refractivity contribution in [2.24, 2.45) is 0 Å². The van der Waals surface area contributed by atoms with E-state index in [2.05, 4.69) is 24.1 Å². The molecule has 16 heavy (non-hydrogen) atoms. The van der Waals surface area contributed by atoms with Crippen molar-refractivity contribution in [1.82, 2.24) is 10.3 Å². The van der Waals surface area contributed by atoms with Crippen LogP contribution < -0.4 is 11.1 Å². The molecule has 0 saturated carbocycles. The summed E-state index contributed by atoms with van der Waals surface area (Å²) in [6.07, 6.45) is 6.06. The average Bonchev–Trinajstić information content (AvgIpc) is 2.28. The monoisotopic (exact) mass is 221 g/mol. The van der Waals surface area contributed by atoms with Crippen molar-refractivity contribution in [2.75, 3.05) is 5.73 Å². The molecule has 1 heterocycles. The van der Waals surface area contributed by atoms with Crippen molar-refractivity contribution < 1.29 is 4.79 Å². The molecule has 3 N–H and O–H groups in total. The Balaban J connectivity index is 2.68. The molecule has 0 aliphatic heterocycles. The molecule has 0 spiro atoms. The summed E-state index contributed by atoms with van der Waals surface area (Å²) < 4.78 is 0. The lowest BCUT2D eigenvalue weighted by Gasteiger charge is -2.16. The predicted octanol–water partition coefficient (Wildman–Crippen LogP) is 1.97. The Morgan fingerprint density at radius 3 is 2.88 bits per heavy atom. The fraction of sp³-hybridized carbons (Fsp3) is 0.500. The third-order valence-corrected chi connectivity index (χ3v) is 2.56. The van der Waals surface area contributed by atoms with Crippen LogP contribution in [-0.2, 0) is 0 Å². The van der Waals surface area contributed by atoms with Crippen LogP contribution in [0, 0.1) is 0 Å². The molecule has 88 valence electrons. The topological polar surface area (TPSA) is 68.0 Å². The molecular weight excluding hydrogens is 202 g/mol. The SMILES string of the molecule is CCCC(CC)NC(=O)c1cnccc1N. The van der Waals surface area contributed by atoms with E-state index in [1.165, 1.54) is 6.20 Å². The van der Waals surface area contributed by atoms with Crippen LogP contribution in [0.2, 0.25) is 0 Å². The first-order valence-electron chi connectivity index (χ1n) is 5.69. The van der Waals surface area contributed by atoms with Gasteiger partial charge in [-0.25, -0.2) is 0 Å². The quantitative estimate of drug-likeness (QED) is 0.798. The van der Waals surface area contributed by atoms with Gasteiger partial charge in [-0.1, -0.05) is 20.3 Å². The normalized spacial score (nSPS) is 12.1. The minimum atomic E-state index is -0.133. The second-order valence-electron chi connectivity index (χ2n) is 3.83. The van der Waals surface area contributed by atoms with Crippen molar-refractivity contribution in [1.29, 1.82) is 0 Å². The van der Waals surface area contributed by atoms with Gasteiger partial charge in [0.25, 0.3) is 5.91 Å². The van der Waals surface area contributed by atoms with E-state index in [1.54, 1.807) is 12.3 Å². The second kappa shape index (κ2) is 6.10. The van der Waals surface area contributed by atoms with Crippen molar-refractivity contribution >= 4 is 11.6 Å². The highest BCUT2D eigenvalue weighted by molar-refractivity contribution is 5.98. The first kappa shape index (κ1) is 12.5. The van der Waals surface area contributed by atoms with E-state index in [1.807, 2.05) is 0 Å². The summed E-state index contributed by atoms with van der Waals surface area (Å²) in [5.74, 6) is -0.133. The molecule has 0 bridgehead atoms. The zero-order valence-corrected chi connectivity index (χ0v) is 9.86. The Morgan fingerprint density at radius 1 is 1.56 bits per heavy atom. The highest BCUT2D eigenvalue weighted by atomic mass is 16.1. The van der Waals surface area contributed by atoms with E-state index in [-0.39, 0.29) is 11.9 Å². The van der Waals surface area contributed by atoms with Gasteiger partial charge >= 0.3 is 0 Å². The zero-order chi connectivity index (χ0) is 12.0. The maximum atomic E-state index is 11.9. The van der Waals surface area contributed by atoms with Gasteiger partial charge in [-0.05, 0) is 18.9 Å². The zero-order valence-electron chi connectivity index (χ0n) is 9.86. The summed E-state index contributed by atoms with van der Waals surface area (Å²) in [5, 5.41) is 2.97. The standard InChI is InChI=1S/C12H19N3O/c1-3-5-9(4-2)15-12(16)10-8-14-7-6-11(10)13/h6-9H,3-5H2,1-2H3,(H2,13,14)(H,15,16). The molecule has 0 aliphatic carbocycles. The number of pyridine rings is 1. The molecule has 1 amide bonds. The molecule has 0 saturated heterocycles. The fourth-order valence-corrected chi connectivity index (χ4v) is 1.58. The van der Waals surface area contributed by atoms with Gasteiger partial charge in [0.05, 0.1) is 5.56 Å². The number of hydrogen-bond donors (Lipinski definition) is 2. The number of nitrogens with one attached hydrogen (secondary N) is 1. The van der Waals surface area contributed by atoms with E-state index in [4.69, 9.17) is 5.73 Å². The Bertz CT molecular complexity index is 352. The minimum absolute atomic E-state index is 0.133. The van der Waals surface area contributed by atoms with Crippen LogP contribution in [0.3, 0.4) is 0 Å². The third-order valence-electron chi connectivity index (χ3n) is 2.56. The molecule has 4 nitrogen and oxygen atoms in total. The van der Waals surface area contributed by atoms with E-state index < -0.39 is 0 Å². The van der Waals surface area contributed by atoms with Crippen molar-refractivity contribution in [3.05, 3.63) is 24.0 Å². The highest BCUT2D eigenvalue weighted by Crippen LogP contribution is 2.10. The number of anilines is 1. The first-order chi connectivity index (χ1) is 7.69. The van der Waals surface area contributed by atoms with Crippen molar-refractivity contribution in [3.8, 4) is 0 Å². The number of carbonyl (C=O) groups is 1. The summed E-state index contributed by atoms with van der Waals surface area (Å²) in [6, 6.07) is 1.85. The lowest BCUT2D eigenvalue weighted by Crippen LogP contribution is -2.34. The van der Waals surface area contributed by atoms with E-state index >= 15 is 0 Å². The van der Waals surface area contributed by atoms with Crippen LogP contribution in [0.25, 0.3) is 0 Å². The van der Waals surface area contributed by atoms with Crippen LogP contribution in [0.15, 0.2) is 18.5 Å². The summed E-state index contributed by atoms with van der Waals surface area (Å²) >= 11 is 0.